The van der Waals surface area contributed by atoms with Gasteiger partial charge in [-0.15, -0.1) is 0 Å². The molecule has 0 bridgehead atoms. The van der Waals surface area contributed by atoms with E-state index in [-0.39, 0.29) is 5.91 Å². The van der Waals surface area contributed by atoms with E-state index in [2.05, 4.69) is 12.1 Å². The second kappa shape index (κ2) is 3.21. The second-order valence-corrected chi connectivity index (χ2v) is 3.71. The molecule has 1 aliphatic carbocycles. The van der Waals surface area contributed by atoms with Gasteiger partial charge in [0.15, 0.2) is 0 Å². The SMILES string of the molecule is NC(=O)CC1Cc2ccccc2C1. The largest absolute Gasteiger partial charge is 0.370 e. The first-order valence-corrected chi connectivity index (χ1v) is 4.61. The molecule has 0 unspecified atom stereocenters. The Hall–Kier alpha value is -1.31. The highest BCUT2D eigenvalue weighted by Gasteiger charge is 2.21. The Kier molecular flexibility index (Phi) is 2.05. The van der Waals surface area contributed by atoms with Crippen LogP contribution in [-0.2, 0) is 17.6 Å². The Morgan fingerprint density at radius 2 is 1.85 bits per heavy atom. The number of hydrogen-bond donors (Lipinski definition) is 1. The predicted octanol–water partition coefficient (Wildman–Crippen LogP) is 1.28. The summed E-state index contributed by atoms with van der Waals surface area (Å²) >= 11 is 0. The lowest BCUT2D eigenvalue weighted by atomic mass is 10.0. The van der Waals surface area contributed by atoms with Gasteiger partial charge in [0.2, 0.25) is 5.91 Å². The van der Waals surface area contributed by atoms with Crippen molar-refractivity contribution in [3.63, 3.8) is 0 Å². The average Bonchev–Trinajstić information content (AvgIpc) is 2.44. The molecule has 2 rings (SSSR count). The first-order valence-electron chi connectivity index (χ1n) is 4.61. The number of primary amides is 1. The van der Waals surface area contributed by atoms with Crippen LogP contribution in [0.1, 0.15) is 17.5 Å². The van der Waals surface area contributed by atoms with Crippen LogP contribution in [0.25, 0.3) is 0 Å². The molecule has 2 nitrogen and oxygen atoms in total. The van der Waals surface area contributed by atoms with Crippen molar-refractivity contribution in [2.24, 2.45) is 11.7 Å². The molecule has 0 saturated heterocycles. The van der Waals surface area contributed by atoms with Crippen LogP contribution < -0.4 is 5.73 Å². The Balaban J connectivity index is 2.09. The van der Waals surface area contributed by atoms with Gasteiger partial charge < -0.3 is 5.73 Å². The van der Waals surface area contributed by atoms with E-state index < -0.39 is 0 Å². The molecule has 0 atom stereocenters. The standard InChI is InChI=1S/C11H13NO/c12-11(13)7-8-5-9-3-1-2-4-10(9)6-8/h1-4,8H,5-7H2,(H2,12,13). The summed E-state index contributed by atoms with van der Waals surface area (Å²) in [7, 11) is 0. The van der Waals surface area contributed by atoms with Crippen LogP contribution in [0, 0.1) is 5.92 Å². The van der Waals surface area contributed by atoms with E-state index in [1.807, 2.05) is 12.1 Å². The molecule has 0 radical (unpaired) electrons. The normalized spacial score (nSPS) is 15.7. The fourth-order valence-electron chi connectivity index (χ4n) is 2.08. The molecule has 2 N–H and O–H groups in total. The molecule has 2 heteroatoms. The van der Waals surface area contributed by atoms with Crippen LogP contribution in [-0.4, -0.2) is 5.91 Å². The van der Waals surface area contributed by atoms with Gasteiger partial charge in [-0.3, -0.25) is 4.79 Å². The van der Waals surface area contributed by atoms with Gasteiger partial charge in [0.1, 0.15) is 0 Å². The van der Waals surface area contributed by atoms with Crippen LogP contribution in [0.15, 0.2) is 24.3 Å². The molecule has 1 aromatic rings. The van der Waals surface area contributed by atoms with Gasteiger partial charge in [0.25, 0.3) is 0 Å². The highest BCUT2D eigenvalue weighted by molar-refractivity contribution is 5.74. The first kappa shape index (κ1) is 8.30. The molecule has 1 aliphatic rings. The molecule has 1 aromatic carbocycles. The van der Waals surface area contributed by atoms with Crippen molar-refractivity contribution in [2.45, 2.75) is 19.3 Å². The van der Waals surface area contributed by atoms with Gasteiger partial charge in [-0.1, -0.05) is 24.3 Å². The summed E-state index contributed by atoms with van der Waals surface area (Å²) in [5.41, 5.74) is 7.93. The number of nitrogens with two attached hydrogens (primary N) is 1. The van der Waals surface area contributed by atoms with Gasteiger partial charge in [-0.25, -0.2) is 0 Å². The third kappa shape index (κ3) is 1.72. The van der Waals surface area contributed by atoms with E-state index in [0.717, 1.165) is 12.8 Å². The summed E-state index contributed by atoms with van der Waals surface area (Å²) in [5.74, 6) is 0.257. The van der Waals surface area contributed by atoms with Crippen LogP contribution in [0.4, 0.5) is 0 Å². The summed E-state index contributed by atoms with van der Waals surface area (Å²) in [6.07, 6.45) is 2.55. The van der Waals surface area contributed by atoms with Crippen molar-refractivity contribution >= 4 is 5.91 Å². The van der Waals surface area contributed by atoms with Gasteiger partial charge in [-0.2, -0.15) is 0 Å². The van der Waals surface area contributed by atoms with Crippen molar-refractivity contribution in [2.75, 3.05) is 0 Å². The molecule has 0 aliphatic heterocycles. The smallest absolute Gasteiger partial charge is 0.217 e. The number of carbonyl (C=O) groups is 1. The highest BCUT2D eigenvalue weighted by Crippen LogP contribution is 2.28. The molecule has 1 amide bonds. The van der Waals surface area contributed by atoms with E-state index in [1.165, 1.54) is 11.1 Å². The monoisotopic (exact) mass is 175 g/mol. The second-order valence-electron chi connectivity index (χ2n) is 3.71. The minimum Gasteiger partial charge on any atom is -0.370 e. The van der Waals surface area contributed by atoms with Crippen molar-refractivity contribution < 1.29 is 4.79 Å². The number of hydrogen-bond acceptors (Lipinski definition) is 1. The lowest BCUT2D eigenvalue weighted by Crippen LogP contribution is -2.16. The number of fused-ring (bicyclic) bond motifs is 1. The van der Waals surface area contributed by atoms with Crippen molar-refractivity contribution in [3.05, 3.63) is 35.4 Å². The minimum absolute atomic E-state index is 0.183. The molecule has 0 fully saturated rings. The molecule has 0 heterocycles. The number of rotatable bonds is 2. The molecule has 13 heavy (non-hydrogen) atoms. The minimum atomic E-state index is -0.183. The Labute approximate surface area is 77.8 Å². The summed E-state index contributed by atoms with van der Waals surface area (Å²) in [4.78, 5) is 10.7. The Bertz CT molecular complexity index is 308. The topological polar surface area (TPSA) is 43.1 Å². The first-order chi connectivity index (χ1) is 6.25. The summed E-state index contributed by atoms with van der Waals surface area (Å²) in [6, 6.07) is 8.36. The zero-order valence-corrected chi connectivity index (χ0v) is 7.49. The predicted molar refractivity (Wildman–Crippen MR) is 51.2 cm³/mol. The fraction of sp³-hybridized carbons (Fsp3) is 0.364. The lowest BCUT2D eigenvalue weighted by Gasteiger charge is -2.03. The quantitative estimate of drug-likeness (QED) is 0.722. The maximum Gasteiger partial charge on any atom is 0.217 e. The third-order valence-electron chi connectivity index (χ3n) is 2.63. The van der Waals surface area contributed by atoms with Crippen LogP contribution in [0.2, 0.25) is 0 Å². The lowest BCUT2D eigenvalue weighted by molar-refractivity contribution is -0.118. The molecular formula is C11H13NO. The van der Waals surface area contributed by atoms with E-state index in [0.29, 0.717) is 12.3 Å². The molecule has 0 saturated carbocycles. The molecule has 68 valence electrons. The van der Waals surface area contributed by atoms with E-state index in [9.17, 15) is 4.79 Å². The summed E-state index contributed by atoms with van der Waals surface area (Å²) < 4.78 is 0. The van der Waals surface area contributed by atoms with Crippen molar-refractivity contribution in [1.82, 2.24) is 0 Å². The Morgan fingerprint density at radius 1 is 1.31 bits per heavy atom. The summed E-state index contributed by atoms with van der Waals surface area (Å²) in [5, 5.41) is 0. The van der Waals surface area contributed by atoms with Crippen LogP contribution >= 0.6 is 0 Å². The van der Waals surface area contributed by atoms with Crippen molar-refractivity contribution in [1.29, 1.82) is 0 Å². The van der Waals surface area contributed by atoms with Gasteiger partial charge >= 0.3 is 0 Å². The third-order valence-corrected chi connectivity index (χ3v) is 2.63. The fourth-order valence-corrected chi connectivity index (χ4v) is 2.08. The zero-order chi connectivity index (χ0) is 9.26. The highest BCUT2D eigenvalue weighted by atomic mass is 16.1. The van der Waals surface area contributed by atoms with E-state index in [4.69, 9.17) is 5.73 Å². The van der Waals surface area contributed by atoms with Gasteiger partial charge in [0.05, 0.1) is 0 Å². The maximum absolute atomic E-state index is 10.7. The number of benzene rings is 1. The van der Waals surface area contributed by atoms with E-state index >= 15 is 0 Å². The van der Waals surface area contributed by atoms with Gasteiger partial charge in [-0.05, 0) is 29.9 Å². The Morgan fingerprint density at radius 3 is 2.31 bits per heavy atom. The molecule has 0 spiro atoms. The number of amides is 1. The van der Waals surface area contributed by atoms with Crippen LogP contribution in [0.5, 0.6) is 0 Å². The van der Waals surface area contributed by atoms with Crippen LogP contribution in [0.3, 0.4) is 0 Å². The average molecular weight is 175 g/mol. The molecular weight excluding hydrogens is 162 g/mol. The number of carbonyl (C=O) groups excluding carboxylic acids is 1. The maximum atomic E-state index is 10.7. The molecule has 0 aromatic heterocycles. The van der Waals surface area contributed by atoms with E-state index in [1.54, 1.807) is 0 Å². The summed E-state index contributed by atoms with van der Waals surface area (Å²) in [6.45, 7) is 0. The van der Waals surface area contributed by atoms with Gasteiger partial charge in [0, 0.05) is 6.42 Å². The van der Waals surface area contributed by atoms with Crippen molar-refractivity contribution in [3.8, 4) is 0 Å². The zero-order valence-electron chi connectivity index (χ0n) is 7.49.